The van der Waals surface area contributed by atoms with Gasteiger partial charge in [0, 0.05) is 17.9 Å². The van der Waals surface area contributed by atoms with E-state index in [4.69, 9.17) is 5.11 Å². The van der Waals surface area contributed by atoms with E-state index in [9.17, 15) is 22.7 Å². The predicted octanol–water partition coefficient (Wildman–Crippen LogP) is 0.562. The van der Waals surface area contributed by atoms with Crippen LogP contribution in [0.1, 0.15) is 5.56 Å². The van der Waals surface area contributed by atoms with E-state index < -0.39 is 38.7 Å². The highest BCUT2D eigenvalue weighted by Crippen LogP contribution is 2.25. The summed E-state index contributed by atoms with van der Waals surface area (Å²) in [6.45, 7) is 0. The summed E-state index contributed by atoms with van der Waals surface area (Å²) >= 11 is 0. The van der Waals surface area contributed by atoms with Crippen molar-refractivity contribution in [2.24, 2.45) is 0 Å². The van der Waals surface area contributed by atoms with Gasteiger partial charge < -0.3 is 10.2 Å². The fourth-order valence-electron chi connectivity index (χ4n) is 1.17. The Bertz CT molecular complexity index is 535. The third kappa shape index (κ3) is 2.69. The summed E-state index contributed by atoms with van der Waals surface area (Å²) < 4.78 is 35.4. The van der Waals surface area contributed by atoms with Crippen LogP contribution < -0.4 is 0 Å². The van der Waals surface area contributed by atoms with Gasteiger partial charge >= 0.3 is 5.97 Å². The Morgan fingerprint density at radius 2 is 2.00 bits per heavy atom. The fourth-order valence-corrected chi connectivity index (χ4v) is 1.91. The van der Waals surface area contributed by atoms with Gasteiger partial charge in [0.15, 0.2) is 9.84 Å². The summed E-state index contributed by atoms with van der Waals surface area (Å²) in [6.07, 6.45) is 0.217. The van der Waals surface area contributed by atoms with E-state index in [2.05, 4.69) is 0 Å². The van der Waals surface area contributed by atoms with Gasteiger partial charge in [0.1, 0.15) is 16.5 Å². The quantitative estimate of drug-likeness (QED) is 0.815. The van der Waals surface area contributed by atoms with E-state index in [-0.39, 0.29) is 5.56 Å². The molecule has 0 bridgehead atoms. The number of carboxylic acids is 1. The zero-order chi connectivity index (χ0) is 12.5. The number of rotatable bonds is 3. The van der Waals surface area contributed by atoms with Gasteiger partial charge in [0.2, 0.25) is 0 Å². The highest BCUT2D eigenvalue weighted by molar-refractivity contribution is 7.90. The van der Waals surface area contributed by atoms with Crippen LogP contribution in [0.5, 0.6) is 5.75 Å². The van der Waals surface area contributed by atoms with E-state index in [1.54, 1.807) is 0 Å². The molecule has 2 N–H and O–H groups in total. The van der Waals surface area contributed by atoms with Gasteiger partial charge in [-0.1, -0.05) is 0 Å². The summed E-state index contributed by atoms with van der Waals surface area (Å²) in [5.41, 5.74) is -0.169. The summed E-state index contributed by atoms with van der Waals surface area (Å²) in [7, 11) is -3.78. The van der Waals surface area contributed by atoms with Crippen LogP contribution in [-0.4, -0.2) is 30.9 Å². The maximum Gasteiger partial charge on any atom is 0.307 e. The monoisotopic (exact) mass is 248 g/mol. The van der Waals surface area contributed by atoms with Crippen molar-refractivity contribution in [2.45, 2.75) is 11.3 Å². The number of hydrogen-bond donors (Lipinski definition) is 2. The van der Waals surface area contributed by atoms with Crippen LogP contribution >= 0.6 is 0 Å². The number of benzene rings is 1. The Balaban J connectivity index is 3.33. The molecule has 0 heterocycles. The van der Waals surface area contributed by atoms with Crippen LogP contribution in [0, 0.1) is 5.82 Å². The molecule has 1 aromatic carbocycles. The number of aromatic hydroxyl groups is 1. The summed E-state index contributed by atoms with van der Waals surface area (Å²) in [6, 6.07) is 1.42. The molecule has 0 saturated heterocycles. The maximum atomic E-state index is 13.3. The average molecular weight is 248 g/mol. The molecule has 0 saturated carbocycles. The molecule has 0 aliphatic carbocycles. The van der Waals surface area contributed by atoms with Gasteiger partial charge in [0.05, 0.1) is 6.42 Å². The molecular weight excluding hydrogens is 239 g/mol. The molecule has 0 aromatic heterocycles. The second-order valence-electron chi connectivity index (χ2n) is 3.25. The molecular formula is C9H9FO5S. The number of phenols is 1. The Hall–Kier alpha value is -1.63. The topological polar surface area (TPSA) is 91.7 Å². The SMILES string of the molecule is CS(=O)(=O)c1cc(O)c(CC(=O)O)cc1F. The Morgan fingerprint density at radius 3 is 2.44 bits per heavy atom. The molecule has 0 atom stereocenters. The molecule has 5 nitrogen and oxygen atoms in total. The molecule has 88 valence electrons. The number of hydrogen-bond acceptors (Lipinski definition) is 4. The maximum absolute atomic E-state index is 13.3. The number of aliphatic carboxylic acids is 1. The number of sulfone groups is 1. The zero-order valence-electron chi connectivity index (χ0n) is 8.27. The molecule has 16 heavy (non-hydrogen) atoms. The number of carbonyl (C=O) groups is 1. The smallest absolute Gasteiger partial charge is 0.307 e. The van der Waals surface area contributed by atoms with Crippen molar-refractivity contribution in [1.29, 1.82) is 0 Å². The Morgan fingerprint density at radius 1 is 1.44 bits per heavy atom. The second kappa shape index (κ2) is 4.09. The lowest BCUT2D eigenvalue weighted by molar-refractivity contribution is -0.136. The summed E-state index contributed by atoms with van der Waals surface area (Å²) in [4.78, 5) is 9.71. The second-order valence-corrected chi connectivity index (χ2v) is 5.24. The first kappa shape index (κ1) is 12.4. The number of carboxylic acid groups (broad SMARTS) is 1. The normalized spacial score (nSPS) is 11.4. The first-order valence-corrected chi connectivity index (χ1v) is 6.04. The third-order valence-corrected chi connectivity index (χ3v) is 2.99. The van der Waals surface area contributed by atoms with Crippen LogP contribution in [0.4, 0.5) is 4.39 Å². The van der Waals surface area contributed by atoms with Crippen LogP contribution in [0.3, 0.4) is 0 Å². The minimum absolute atomic E-state index is 0.169. The van der Waals surface area contributed by atoms with Crippen LogP contribution in [0.15, 0.2) is 17.0 Å². The largest absolute Gasteiger partial charge is 0.508 e. The molecule has 0 unspecified atom stereocenters. The van der Waals surface area contributed by atoms with Crippen molar-refractivity contribution < 1.29 is 27.8 Å². The van der Waals surface area contributed by atoms with E-state index >= 15 is 0 Å². The lowest BCUT2D eigenvalue weighted by Gasteiger charge is -2.06. The predicted molar refractivity (Wildman–Crippen MR) is 52.5 cm³/mol. The molecule has 0 radical (unpaired) electrons. The lowest BCUT2D eigenvalue weighted by atomic mass is 10.1. The minimum atomic E-state index is -3.78. The van der Waals surface area contributed by atoms with Crippen molar-refractivity contribution in [2.75, 3.05) is 6.26 Å². The summed E-state index contributed by atoms with van der Waals surface area (Å²) in [5.74, 6) is -2.87. The Labute approximate surface area is 91.1 Å². The van der Waals surface area contributed by atoms with Gasteiger partial charge in [-0.3, -0.25) is 4.79 Å². The highest BCUT2D eigenvalue weighted by atomic mass is 32.2. The molecule has 0 aliphatic rings. The summed E-state index contributed by atoms with van der Waals surface area (Å²) in [5, 5.41) is 17.8. The van der Waals surface area contributed by atoms with Gasteiger partial charge in [0.25, 0.3) is 0 Å². The Kier molecular flexibility index (Phi) is 3.18. The van der Waals surface area contributed by atoms with Crippen molar-refractivity contribution in [3.63, 3.8) is 0 Å². The first-order valence-electron chi connectivity index (χ1n) is 4.15. The van der Waals surface area contributed by atoms with E-state index in [0.29, 0.717) is 12.1 Å². The first-order chi connectivity index (χ1) is 7.21. The molecule has 0 spiro atoms. The van der Waals surface area contributed by atoms with E-state index in [0.717, 1.165) is 6.26 Å². The zero-order valence-corrected chi connectivity index (χ0v) is 9.08. The van der Waals surface area contributed by atoms with Crippen LogP contribution in [-0.2, 0) is 21.1 Å². The van der Waals surface area contributed by atoms with E-state index in [1.165, 1.54) is 0 Å². The minimum Gasteiger partial charge on any atom is -0.508 e. The fraction of sp³-hybridized carbons (Fsp3) is 0.222. The number of phenolic OH excluding ortho intramolecular Hbond substituents is 1. The lowest BCUT2D eigenvalue weighted by Crippen LogP contribution is -2.05. The van der Waals surface area contributed by atoms with Crippen LogP contribution in [0.2, 0.25) is 0 Å². The van der Waals surface area contributed by atoms with Crippen molar-refractivity contribution in [3.05, 3.63) is 23.5 Å². The van der Waals surface area contributed by atoms with Crippen molar-refractivity contribution >= 4 is 15.8 Å². The van der Waals surface area contributed by atoms with Gasteiger partial charge in [-0.15, -0.1) is 0 Å². The van der Waals surface area contributed by atoms with Gasteiger partial charge in [-0.25, -0.2) is 12.8 Å². The molecule has 1 aromatic rings. The third-order valence-electron chi connectivity index (χ3n) is 1.87. The molecule has 0 fully saturated rings. The standard InChI is InChI=1S/C9H9FO5S/c1-16(14,15)8-4-7(11)5(2-6(8)10)3-9(12)13/h2,4,11H,3H2,1H3,(H,12,13). The van der Waals surface area contributed by atoms with Crippen molar-refractivity contribution in [3.8, 4) is 5.75 Å². The van der Waals surface area contributed by atoms with Gasteiger partial charge in [-0.2, -0.15) is 0 Å². The van der Waals surface area contributed by atoms with Crippen molar-refractivity contribution in [1.82, 2.24) is 0 Å². The molecule has 7 heteroatoms. The number of halogens is 1. The van der Waals surface area contributed by atoms with E-state index in [1.807, 2.05) is 0 Å². The molecule has 0 aliphatic heterocycles. The van der Waals surface area contributed by atoms with Crippen LogP contribution in [0.25, 0.3) is 0 Å². The highest BCUT2D eigenvalue weighted by Gasteiger charge is 2.18. The average Bonchev–Trinajstić information content (AvgIpc) is 2.07. The molecule has 0 amide bonds. The molecule has 1 rings (SSSR count). The van der Waals surface area contributed by atoms with Gasteiger partial charge in [-0.05, 0) is 6.07 Å².